The first-order valence-corrected chi connectivity index (χ1v) is 5.66. The van der Waals surface area contributed by atoms with Crippen LogP contribution in [0.25, 0.3) is 0 Å². The molecule has 0 aromatic heterocycles. The van der Waals surface area contributed by atoms with Gasteiger partial charge >= 0.3 is 0 Å². The van der Waals surface area contributed by atoms with Crippen LogP contribution in [0.15, 0.2) is 12.1 Å². The molecular formula is C12H13F3N2O. The van der Waals surface area contributed by atoms with Gasteiger partial charge in [0.05, 0.1) is 0 Å². The Hall–Kier alpha value is -1.56. The summed E-state index contributed by atoms with van der Waals surface area (Å²) in [5.41, 5.74) is 4.78. The monoisotopic (exact) mass is 258 g/mol. The number of carbonyl (C=O) groups is 1. The highest BCUT2D eigenvalue weighted by Gasteiger charge is 2.29. The molecule has 0 radical (unpaired) electrons. The Labute approximate surface area is 102 Å². The molecule has 1 aliphatic heterocycles. The molecule has 1 atom stereocenters. The minimum Gasteiger partial charge on any atom is -0.338 e. The van der Waals surface area contributed by atoms with Crippen LogP contribution in [0.3, 0.4) is 0 Å². The number of rotatable bonds is 2. The van der Waals surface area contributed by atoms with E-state index in [1.165, 1.54) is 4.90 Å². The summed E-state index contributed by atoms with van der Waals surface area (Å²) >= 11 is 0. The zero-order chi connectivity index (χ0) is 13.3. The van der Waals surface area contributed by atoms with Crippen molar-refractivity contribution < 1.29 is 18.0 Å². The van der Waals surface area contributed by atoms with Gasteiger partial charge in [0.15, 0.2) is 0 Å². The van der Waals surface area contributed by atoms with Crippen LogP contribution in [0.1, 0.15) is 16.8 Å². The summed E-state index contributed by atoms with van der Waals surface area (Å²) in [4.78, 5) is 13.3. The molecule has 0 saturated carbocycles. The van der Waals surface area contributed by atoms with Crippen LogP contribution in [0.2, 0.25) is 0 Å². The third kappa shape index (κ3) is 2.33. The molecule has 1 saturated heterocycles. The molecule has 6 heteroatoms. The number of halogens is 3. The van der Waals surface area contributed by atoms with Gasteiger partial charge in [-0.15, -0.1) is 0 Å². The summed E-state index contributed by atoms with van der Waals surface area (Å²) in [6.07, 6.45) is 0.715. The molecule has 1 aromatic carbocycles. The molecule has 2 N–H and O–H groups in total. The first-order chi connectivity index (χ1) is 8.52. The molecule has 98 valence electrons. The van der Waals surface area contributed by atoms with Gasteiger partial charge in [-0.2, -0.15) is 0 Å². The fraction of sp³-hybridized carbons (Fsp3) is 0.417. The van der Waals surface area contributed by atoms with Crippen molar-refractivity contribution in [3.05, 3.63) is 35.1 Å². The van der Waals surface area contributed by atoms with Gasteiger partial charge in [-0.3, -0.25) is 4.79 Å². The standard InChI is InChI=1S/C12H13F3N2O/c13-8-3-9(14)11(10(15)4-8)12(18)17-2-1-7(5-16)6-17/h3-4,7H,1-2,5-6,16H2/t7-/m1/s1. The van der Waals surface area contributed by atoms with Crippen molar-refractivity contribution in [1.82, 2.24) is 4.90 Å². The van der Waals surface area contributed by atoms with Crippen LogP contribution >= 0.6 is 0 Å². The number of nitrogens with zero attached hydrogens (tertiary/aromatic N) is 1. The van der Waals surface area contributed by atoms with Crippen molar-refractivity contribution in [1.29, 1.82) is 0 Å². The quantitative estimate of drug-likeness (QED) is 0.874. The SMILES string of the molecule is NC[C@H]1CCN(C(=O)c2c(F)cc(F)cc2F)C1. The number of benzene rings is 1. The Morgan fingerprint density at radius 2 is 1.94 bits per heavy atom. The molecule has 1 fully saturated rings. The zero-order valence-corrected chi connectivity index (χ0v) is 9.63. The predicted molar refractivity (Wildman–Crippen MR) is 59.4 cm³/mol. The number of amides is 1. The van der Waals surface area contributed by atoms with Crippen LogP contribution in [0, 0.1) is 23.4 Å². The first kappa shape index (κ1) is 12.9. The smallest absolute Gasteiger partial charge is 0.259 e. The van der Waals surface area contributed by atoms with E-state index in [0.717, 1.165) is 0 Å². The molecular weight excluding hydrogens is 245 g/mol. The van der Waals surface area contributed by atoms with E-state index >= 15 is 0 Å². The van der Waals surface area contributed by atoms with Gasteiger partial charge in [-0.05, 0) is 18.9 Å². The number of nitrogens with two attached hydrogens (primary N) is 1. The molecule has 0 unspecified atom stereocenters. The summed E-state index contributed by atoms with van der Waals surface area (Å²) < 4.78 is 39.6. The summed E-state index contributed by atoms with van der Waals surface area (Å²) in [5.74, 6) is -3.98. The minimum atomic E-state index is -1.17. The predicted octanol–water partition coefficient (Wildman–Crippen LogP) is 1.52. The lowest BCUT2D eigenvalue weighted by Gasteiger charge is -2.17. The number of carbonyl (C=O) groups excluding carboxylic acids is 1. The van der Waals surface area contributed by atoms with Gasteiger partial charge < -0.3 is 10.6 Å². The molecule has 3 nitrogen and oxygen atoms in total. The van der Waals surface area contributed by atoms with Crippen molar-refractivity contribution >= 4 is 5.91 Å². The maximum atomic E-state index is 13.4. The summed E-state index contributed by atoms with van der Waals surface area (Å²) in [6.45, 7) is 1.22. The van der Waals surface area contributed by atoms with Crippen LogP contribution in [-0.4, -0.2) is 30.4 Å². The third-order valence-electron chi connectivity index (χ3n) is 3.13. The topological polar surface area (TPSA) is 46.3 Å². The van der Waals surface area contributed by atoms with E-state index in [9.17, 15) is 18.0 Å². The maximum Gasteiger partial charge on any atom is 0.259 e. The average Bonchev–Trinajstić information content (AvgIpc) is 2.75. The van der Waals surface area contributed by atoms with Crippen molar-refractivity contribution in [3.8, 4) is 0 Å². The lowest BCUT2D eigenvalue weighted by Crippen LogP contribution is -2.31. The van der Waals surface area contributed by atoms with Gasteiger partial charge in [0.25, 0.3) is 5.91 Å². The van der Waals surface area contributed by atoms with E-state index in [4.69, 9.17) is 5.73 Å². The molecule has 0 spiro atoms. The molecule has 1 aliphatic rings. The Morgan fingerprint density at radius 3 is 2.44 bits per heavy atom. The highest BCUT2D eigenvalue weighted by atomic mass is 19.1. The maximum absolute atomic E-state index is 13.4. The van der Waals surface area contributed by atoms with E-state index in [-0.39, 0.29) is 5.92 Å². The molecule has 1 amide bonds. The van der Waals surface area contributed by atoms with Crippen molar-refractivity contribution in [2.24, 2.45) is 11.7 Å². The Kier molecular flexibility index (Phi) is 3.56. The second-order valence-electron chi connectivity index (χ2n) is 4.39. The Balaban J connectivity index is 2.25. The van der Waals surface area contributed by atoms with E-state index in [1.807, 2.05) is 0 Å². The summed E-state index contributed by atoms with van der Waals surface area (Å²) in [5, 5.41) is 0. The van der Waals surface area contributed by atoms with Gasteiger partial charge in [0.2, 0.25) is 0 Å². The van der Waals surface area contributed by atoms with Crippen LogP contribution < -0.4 is 5.73 Å². The number of hydrogen-bond donors (Lipinski definition) is 1. The van der Waals surface area contributed by atoms with Gasteiger partial charge in [-0.1, -0.05) is 0 Å². The van der Waals surface area contributed by atoms with E-state index in [2.05, 4.69) is 0 Å². The average molecular weight is 258 g/mol. The number of likely N-dealkylation sites (tertiary alicyclic amines) is 1. The Morgan fingerprint density at radius 1 is 1.33 bits per heavy atom. The molecule has 1 aromatic rings. The van der Waals surface area contributed by atoms with Crippen LogP contribution in [0.4, 0.5) is 13.2 Å². The zero-order valence-electron chi connectivity index (χ0n) is 9.63. The van der Waals surface area contributed by atoms with Gasteiger partial charge in [0.1, 0.15) is 23.0 Å². The molecule has 18 heavy (non-hydrogen) atoms. The highest BCUT2D eigenvalue weighted by molar-refractivity contribution is 5.95. The minimum absolute atomic E-state index is 0.153. The summed E-state index contributed by atoms with van der Waals surface area (Å²) in [6, 6.07) is 1.01. The fourth-order valence-electron chi connectivity index (χ4n) is 2.11. The van der Waals surface area contributed by atoms with Gasteiger partial charge in [-0.25, -0.2) is 13.2 Å². The van der Waals surface area contributed by atoms with E-state index in [0.29, 0.717) is 38.2 Å². The fourth-order valence-corrected chi connectivity index (χ4v) is 2.11. The van der Waals surface area contributed by atoms with E-state index < -0.39 is 28.9 Å². The van der Waals surface area contributed by atoms with Gasteiger partial charge in [0, 0.05) is 25.2 Å². The highest BCUT2D eigenvalue weighted by Crippen LogP contribution is 2.21. The molecule has 1 heterocycles. The normalized spacial score (nSPS) is 19.3. The third-order valence-corrected chi connectivity index (χ3v) is 3.13. The lowest BCUT2D eigenvalue weighted by atomic mass is 10.1. The molecule has 0 bridgehead atoms. The lowest BCUT2D eigenvalue weighted by molar-refractivity contribution is 0.0778. The van der Waals surface area contributed by atoms with Crippen LogP contribution in [-0.2, 0) is 0 Å². The van der Waals surface area contributed by atoms with Crippen molar-refractivity contribution in [3.63, 3.8) is 0 Å². The second kappa shape index (κ2) is 4.97. The molecule has 2 rings (SSSR count). The van der Waals surface area contributed by atoms with E-state index in [1.54, 1.807) is 0 Å². The van der Waals surface area contributed by atoms with Crippen molar-refractivity contribution in [2.75, 3.05) is 19.6 Å². The van der Waals surface area contributed by atoms with Crippen LogP contribution in [0.5, 0.6) is 0 Å². The summed E-state index contributed by atoms with van der Waals surface area (Å²) in [7, 11) is 0. The largest absolute Gasteiger partial charge is 0.338 e. The second-order valence-corrected chi connectivity index (χ2v) is 4.39. The first-order valence-electron chi connectivity index (χ1n) is 5.66. The Bertz CT molecular complexity index is 455. The number of hydrogen-bond acceptors (Lipinski definition) is 2. The molecule has 0 aliphatic carbocycles. The van der Waals surface area contributed by atoms with Crippen molar-refractivity contribution in [2.45, 2.75) is 6.42 Å².